The first kappa shape index (κ1) is 17.7. The van der Waals surface area contributed by atoms with Crippen LogP contribution in [0.4, 0.5) is 5.69 Å². The van der Waals surface area contributed by atoms with E-state index in [4.69, 9.17) is 0 Å². The van der Waals surface area contributed by atoms with Gasteiger partial charge in [0.15, 0.2) is 5.82 Å². The summed E-state index contributed by atoms with van der Waals surface area (Å²) in [6.07, 6.45) is 0.956. The third-order valence-electron chi connectivity index (χ3n) is 4.46. The number of anilines is 1. The van der Waals surface area contributed by atoms with Gasteiger partial charge >= 0.3 is 0 Å². The Kier molecular flexibility index (Phi) is 4.97. The summed E-state index contributed by atoms with van der Waals surface area (Å²) in [5, 5.41) is 7.36. The van der Waals surface area contributed by atoms with Crippen molar-refractivity contribution in [2.24, 2.45) is 0 Å². The average Bonchev–Trinajstić information content (AvgIpc) is 3.21. The maximum atomic E-state index is 12.7. The molecule has 1 heterocycles. The summed E-state index contributed by atoms with van der Waals surface area (Å²) in [5.41, 5.74) is 3.68. The van der Waals surface area contributed by atoms with Crippen molar-refractivity contribution in [2.75, 3.05) is 5.32 Å². The molecule has 138 valence electrons. The predicted octanol–water partition coefficient (Wildman–Crippen LogP) is 4.75. The number of rotatable bonds is 5. The largest absolute Gasteiger partial charge is 0.319 e. The van der Waals surface area contributed by atoms with Gasteiger partial charge in [-0.25, -0.2) is 9.67 Å². The zero-order chi connectivity index (χ0) is 19.3. The minimum absolute atomic E-state index is 0.127. The number of hydrogen-bond acceptors (Lipinski definition) is 3. The fourth-order valence-corrected chi connectivity index (χ4v) is 2.94. The van der Waals surface area contributed by atoms with E-state index in [0.717, 1.165) is 23.4 Å². The van der Waals surface area contributed by atoms with E-state index in [1.165, 1.54) is 5.56 Å². The normalized spacial score (nSPS) is 10.6. The van der Waals surface area contributed by atoms with Crippen molar-refractivity contribution >= 4 is 11.6 Å². The zero-order valence-corrected chi connectivity index (χ0v) is 15.5. The summed E-state index contributed by atoms with van der Waals surface area (Å²) >= 11 is 0. The van der Waals surface area contributed by atoms with Gasteiger partial charge in [-0.15, -0.1) is 5.10 Å². The molecular formula is C23H20N4O. The molecule has 0 radical (unpaired) electrons. The Morgan fingerprint density at radius 1 is 0.893 bits per heavy atom. The highest BCUT2D eigenvalue weighted by Crippen LogP contribution is 2.21. The topological polar surface area (TPSA) is 59.8 Å². The molecule has 0 aliphatic carbocycles. The molecule has 0 bridgehead atoms. The minimum Gasteiger partial charge on any atom is -0.319 e. The molecule has 5 nitrogen and oxygen atoms in total. The lowest BCUT2D eigenvalue weighted by atomic mass is 10.1. The van der Waals surface area contributed by atoms with Crippen molar-refractivity contribution in [1.29, 1.82) is 0 Å². The Morgan fingerprint density at radius 2 is 1.54 bits per heavy atom. The maximum absolute atomic E-state index is 12.7. The van der Waals surface area contributed by atoms with Crippen LogP contribution in [-0.4, -0.2) is 20.7 Å². The van der Waals surface area contributed by atoms with E-state index >= 15 is 0 Å². The van der Waals surface area contributed by atoms with E-state index in [2.05, 4.69) is 22.3 Å². The van der Waals surface area contributed by atoms with Gasteiger partial charge in [0.1, 0.15) is 0 Å². The minimum atomic E-state index is -0.337. The SMILES string of the molecule is CCc1ccc(NC(=O)c2nc(-c3ccccc3)n(-c3ccccc3)n2)cc1. The molecule has 0 unspecified atom stereocenters. The van der Waals surface area contributed by atoms with E-state index in [0.29, 0.717) is 5.82 Å². The van der Waals surface area contributed by atoms with Gasteiger partial charge in [0, 0.05) is 11.3 Å². The van der Waals surface area contributed by atoms with Gasteiger partial charge in [0.05, 0.1) is 5.69 Å². The fourth-order valence-electron chi connectivity index (χ4n) is 2.94. The van der Waals surface area contributed by atoms with Crippen molar-refractivity contribution in [3.63, 3.8) is 0 Å². The van der Waals surface area contributed by atoms with E-state index in [1.54, 1.807) is 4.68 Å². The number of aromatic nitrogens is 3. The Morgan fingerprint density at radius 3 is 2.18 bits per heavy atom. The molecular weight excluding hydrogens is 348 g/mol. The van der Waals surface area contributed by atoms with E-state index < -0.39 is 0 Å². The molecule has 1 N–H and O–H groups in total. The molecule has 5 heteroatoms. The first-order valence-corrected chi connectivity index (χ1v) is 9.23. The summed E-state index contributed by atoms with van der Waals surface area (Å²) in [5.74, 6) is 0.414. The third-order valence-corrected chi connectivity index (χ3v) is 4.46. The standard InChI is InChI=1S/C23H20N4O/c1-2-17-13-15-19(16-14-17)24-23(28)21-25-22(18-9-5-3-6-10-18)27(26-21)20-11-7-4-8-12-20/h3-16H,2H2,1H3,(H,24,28). The maximum Gasteiger partial charge on any atom is 0.295 e. The molecule has 4 rings (SSSR count). The molecule has 0 saturated carbocycles. The van der Waals surface area contributed by atoms with E-state index in [1.807, 2.05) is 84.9 Å². The van der Waals surface area contributed by atoms with Crippen molar-refractivity contribution in [1.82, 2.24) is 14.8 Å². The number of para-hydroxylation sites is 1. The van der Waals surface area contributed by atoms with Crippen LogP contribution in [0.15, 0.2) is 84.9 Å². The van der Waals surface area contributed by atoms with Gasteiger partial charge in [-0.3, -0.25) is 4.79 Å². The summed E-state index contributed by atoms with van der Waals surface area (Å²) in [4.78, 5) is 17.3. The van der Waals surface area contributed by atoms with Crippen LogP contribution in [0.2, 0.25) is 0 Å². The van der Waals surface area contributed by atoms with E-state index in [-0.39, 0.29) is 11.7 Å². The molecule has 4 aromatic rings. The molecule has 1 amide bonds. The van der Waals surface area contributed by atoms with Crippen LogP contribution >= 0.6 is 0 Å². The smallest absolute Gasteiger partial charge is 0.295 e. The molecule has 3 aromatic carbocycles. The Bertz CT molecular complexity index is 1010. The highest BCUT2D eigenvalue weighted by atomic mass is 16.2. The molecule has 0 saturated heterocycles. The molecule has 28 heavy (non-hydrogen) atoms. The quantitative estimate of drug-likeness (QED) is 0.553. The molecule has 1 aromatic heterocycles. The van der Waals surface area contributed by atoms with Crippen LogP contribution in [-0.2, 0) is 6.42 Å². The number of aryl methyl sites for hydroxylation is 1. The second-order valence-corrected chi connectivity index (χ2v) is 6.38. The number of nitrogens with one attached hydrogen (secondary N) is 1. The van der Waals surface area contributed by atoms with Crippen molar-refractivity contribution in [3.05, 3.63) is 96.3 Å². The third kappa shape index (κ3) is 3.69. The molecule has 0 atom stereocenters. The first-order chi connectivity index (χ1) is 13.7. The second-order valence-electron chi connectivity index (χ2n) is 6.38. The van der Waals surface area contributed by atoms with Crippen molar-refractivity contribution < 1.29 is 4.79 Å². The number of carbonyl (C=O) groups is 1. The summed E-state index contributed by atoms with van der Waals surface area (Å²) in [6.45, 7) is 2.10. The Balaban J connectivity index is 1.69. The first-order valence-electron chi connectivity index (χ1n) is 9.23. The number of amides is 1. The number of hydrogen-bond donors (Lipinski definition) is 1. The lowest BCUT2D eigenvalue weighted by molar-refractivity contribution is 0.101. The van der Waals surface area contributed by atoms with Gasteiger partial charge in [0.25, 0.3) is 5.91 Å². The summed E-state index contributed by atoms with van der Waals surface area (Å²) in [6, 6.07) is 27.2. The number of carbonyl (C=O) groups excluding carboxylic acids is 1. The van der Waals surface area contributed by atoms with Crippen LogP contribution in [0.3, 0.4) is 0 Å². The highest BCUT2D eigenvalue weighted by Gasteiger charge is 2.18. The second kappa shape index (κ2) is 7.88. The van der Waals surface area contributed by atoms with Crippen LogP contribution in [0.5, 0.6) is 0 Å². The monoisotopic (exact) mass is 368 g/mol. The van der Waals surface area contributed by atoms with Gasteiger partial charge in [-0.1, -0.05) is 67.6 Å². The fraction of sp³-hybridized carbons (Fsp3) is 0.0870. The lowest BCUT2D eigenvalue weighted by Crippen LogP contribution is -2.14. The summed E-state index contributed by atoms with van der Waals surface area (Å²) < 4.78 is 1.70. The molecule has 0 aliphatic heterocycles. The van der Waals surface area contributed by atoms with Gasteiger partial charge in [-0.05, 0) is 36.2 Å². The Labute approximate surface area is 163 Å². The van der Waals surface area contributed by atoms with Crippen molar-refractivity contribution in [3.8, 4) is 17.1 Å². The van der Waals surface area contributed by atoms with Gasteiger partial charge in [-0.2, -0.15) is 0 Å². The van der Waals surface area contributed by atoms with Crippen LogP contribution < -0.4 is 5.32 Å². The van der Waals surface area contributed by atoms with E-state index in [9.17, 15) is 4.79 Å². The number of nitrogens with zero attached hydrogens (tertiary/aromatic N) is 3. The lowest BCUT2D eigenvalue weighted by Gasteiger charge is -2.05. The van der Waals surface area contributed by atoms with Crippen molar-refractivity contribution in [2.45, 2.75) is 13.3 Å². The average molecular weight is 368 g/mol. The molecule has 0 fully saturated rings. The predicted molar refractivity (Wildman–Crippen MR) is 111 cm³/mol. The Hall–Kier alpha value is -3.73. The highest BCUT2D eigenvalue weighted by molar-refractivity contribution is 6.01. The number of benzene rings is 3. The summed E-state index contributed by atoms with van der Waals surface area (Å²) in [7, 11) is 0. The zero-order valence-electron chi connectivity index (χ0n) is 15.5. The molecule has 0 spiro atoms. The van der Waals surface area contributed by atoms with Crippen LogP contribution in [0.25, 0.3) is 17.1 Å². The van der Waals surface area contributed by atoms with Gasteiger partial charge in [0.2, 0.25) is 5.82 Å². The van der Waals surface area contributed by atoms with Gasteiger partial charge < -0.3 is 5.32 Å². The van der Waals surface area contributed by atoms with Crippen LogP contribution in [0, 0.1) is 0 Å². The van der Waals surface area contributed by atoms with Crippen LogP contribution in [0.1, 0.15) is 23.1 Å². The molecule has 0 aliphatic rings.